The van der Waals surface area contributed by atoms with Gasteiger partial charge in [0.25, 0.3) is 5.69 Å². The van der Waals surface area contributed by atoms with Crippen LogP contribution in [-0.4, -0.2) is 42.5 Å². The molecule has 1 N–H and O–H groups in total. The van der Waals surface area contributed by atoms with Crippen LogP contribution in [0.3, 0.4) is 0 Å². The maximum atomic E-state index is 10.5. The Labute approximate surface area is 121 Å². The molecule has 0 fully saturated rings. The summed E-state index contributed by atoms with van der Waals surface area (Å²) in [6.45, 7) is 7.40. The Kier molecular flexibility index (Phi) is 7.18. The van der Waals surface area contributed by atoms with E-state index in [1.165, 1.54) is 0 Å². The number of non-ortho nitro benzene ring substituents is 1. The van der Waals surface area contributed by atoms with Crippen molar-refractivity contribution in [2.24, 2.45) is 0 Å². The van der Waals surface area contributed by atoms with E-state index in [1.807, 2.05) is 12.1 Å². The number of nitro groups is 1. The molecule has 1 aromatic carbocycles. The quantitative estimate of drug-likeness (QED) is 0.428. The Balaban J connectivity index is 2.14. The molecule has 20 heavy (non-hydrogen) atoms. The van der Waals surface area contributed by atoms with E-state index >= 15 is 0 Å². The van der Waals surface area contributed by atoms with Crippen LogP contribution in [0, 0.1) is 10.1 Å². The van der Waals surface area contributed by atoms with Gasteiger partial charge in [0.2, 0.25) is 0 Å². The van der Waals surface area contributed by atoms with Gasteiger partial charge in [-0.2, -0.15) is 0 Å². The molecule has 0 bridgehead atoms. The molecule has 0 aliphatic heterocycles. The molecule has 0 saturated heterocycles. The third-order valence-corrected chi connectivity index (χ3v) is 3.48. The van der Waals surface area contributed by atoms with Crippen LogP contribution in [0.2, 0.25) is 0 Å². The average molecular weight is 279 g/mol. The van der Waals surface area contributed by atoms with Crippen LogP contribution in [0.25, 0.3) is 0 Å². The Morgan fingerprint density at radius 1 is 1.25 bits per heavy atom. The third kappa shape index (κ3) is 6.12. The maximum Gasteiger partial charge on any atom is 0.269 e. The zero-order chi connectivity index (χ0) is 15.0. The SMILES string of the molecule is CC(C)N(C)CCCNCCc1ccc([N+](=O)[O-])cc1. The zero-order valence-electron chi connectivity index (χ0n) is 12.6. The smallest absolute Gasteiger partial charge is 0.269 e. The fourth-order valence-electron chi connectivity index (χ4n) is 1.85. The highest BCUT2D eigenvalue weighted by Crippen LogP contribution is 2.11. The van der Waals surface area contributed by atoms with Crippen LogP contribution < -0.4 is 5.32 Å². The van der Waals surface area contributed by atoms with Crippen LogP contribution in [0.15, 0.2) is 24.3 Å². The normalized spacial score (nSPS) is 11.2. The number of nitrogens with one attached hydrogen (secondary N) is 1. The first kappa shape index (κ1) is 16.6. The lowest BCUT2D eigenvalue weighted by molar-refractivity contribution is -0.384. The number of nitro benzene ring substituents is 1. The molecule has 0 unspecified atom stereocenters. The molecule has 5 nitrogen and oxygen atoms in total. The van der Waals surface area contributed by atoms with Crippen LogP contribution in [0.4, 0.5) is 5.69 Å². The van der Waals surface area contributed by atoms with Crippen LogP contribution in [0.5, 0.6) is 0 Å². The molecule has 0 aromatic heterocycles. The number of hydrogen-bond donors (Lipinski definition) is 1. The summed E-state index contributed by atoms with van der Waals surface area (Å²) >= 11 is 0. The summed E-state index contributed by atoms with van der Waals surface area (Å²) in [5, 5.41) is 13.9. The van der Waals surface area contributed by atoms with Crippen molar-refractivity contribution in [1.29, 1.82) is 0 Å². The minimum Gasteiger partial charge on any atom is -0.316 e. The van der Waals surface area contributed by atoms with Crippen molar-refractivity contribution in [3.63, 3.8) is 0 Å². The minimum atomic E-state index is -0.368. The number of benzene rings is 1. The van der Waals surface area contributed by atoms with Crippen LogP contribution >= 0.6 is 0 Å². The summed E-state index contributed by atoms with van der Waals surface area (Å²) < 4.78 is 0. The third-order valence-electron chi connectivity index (χ3n) is 3.48. The lowest BCUT2D eigenvalue weighted by atomic mass is 10.1. The zero-order valence-corrected chi connectivity index (χ0v) is 12.6. The predicted molar refractivity (Wildman–Crippen MR) is 82.1 cm³/mol. The molecule has 0 spiro atoms. The minimum absolute atomic E-state index is 0.151. The van der Waals surface area contributed by atoms with E-state index in [-0.39, 0.29) is 10.6 Å². The molecular weight excluding hydrogens is 254 g/mol. The summed E-state index contributed by atoms with van der Waals surface area (Å²) in [7, 11) is 2.14. The van der Waals surface area contributed by atoms with Crippen molar-refractivity contribution in [2.45, 2.75) is 32.7 Å². The first-order valence-electron chi connectivity index (χ1n) is 7.15. The molecule has 0 aliphatic rings. The van der Waals surface area contributed by atoms with Crippen molar-refractivity contribution in [1.82, 2.24) is 10.2 Å². The van der Waals surface area contributed by atoms with Gasteiger partial charge in [-0.05, 0) is 58.9 Å². The molecule has 1 rings (SSSR count). The molecule has 5 heteroatoms. The lowest BCUT2D eigenvalue weighted by Crippen LogP contribution is -2.30. The van der Waals surface area contributed by atoms with E-state index in [0.29, 0.717) is 6.04 Å². The van der Waals surface area contributed by atoms with E-state index in [4.69, 9.17) is 0 Å². The molecule has 0 saturated carbocycles. The van der Waals surface area contributed by atoms with E-state index in [2.05, 4.69) is 31.1 Å². The van der Waals surface area contributed by atoms with Gasteiger partial charge in [-0.1, -0.05) is 12.1 Å². The Hall–Kier alpha value is -1.46. The van der Waals surface area contributed by atoms with E-state index < -0.39 is 0 Å². The summed E-state index contributed by atoms with van der Waals surface area (Å²) in [6, 6.07) is 7.37. The van der Waals surface area contributed by atoms with Gasteiger partial charge >= 0.3 is 0 Å². The van der Waals surface area contributed by atoms with Crippen molar-refractivity contribution < 1.29 is 4.92 Å². The summed E-state index contributed by atoms with van der Waals surface area (Å²) in [6.07, 6.45) is 2.03. The molecule has 0 atom stereocenters. The van der Waals surface area contributed by atoms with E-state index in [9.17, 15) is 10.1 Å². The monoisotopic (exact) mass is 279 g/mol. The number of rotatable bonds is 9. The van der Waals surface area contributed by atoms with Crippen LogP contribution in [-0.2, 0) is 6.42 Å². The Bertz CT molecular complexity index is 404. The topological polar surface area (TPSA) is 58.4 Å². The Morgan fingerprint density at radius 3 is 2.45 bits per heavy atom. The summed E-state index contributed by atoms with van der Waals surface area (Å²) in [4.78, 5) is 12.5. The predicted octanol–water partition coefficient (Wildman–Crippen LogP) is 2.46. The molecular formula is C15H25N3O2. The largest absolute Gasteiger partial charge is 0.316 e. The standard InChI is InChI=1S/C15H25N3O2/c1-13(2)17(3)12-4-10-16-11-9-14-5-7-15(8-6-14)18(19)20/h5-8,13,16H,4,9-12H2,1-3H3. The molecule has 1 aromatic rings. The van der Waals surface area contributed by atoms with Crippen LogP contribution in [0.1, 0.15) is 25.8 Å². The summed E-state index contributed by atoms with van der Waals surface area (Å²) in [5.41, 5.74) is 1.28. The molecule has 0 amide bonds. The summed E-state index contributed by atoms with van der Waals surface area (Å²) in [5.74, 6) is 0. The second-order valence-corrected chi connectivity index (χ2v) is 5.35. The van der Waals surface area contributed by atoms with Gasteiger partial charge in [0.15, 0.2) is 0 Å². The van der Waals surface area contributed by atoms with Gasteiger partial charge in [0.05, 0.1) is 4.92 Å². The first-order valence-corrected chi connectivity index (χ1v) is 7.15. The highest BCUT2D eigenvalue weighted by Gasteiger charge is 2.04. The number of hydrogen-bond acceptors (Lipinski definition) is 4. The van der Waals surface area contributed by atoms with Gasteiger partial charge in [0, 0.05) is 18.2 Å². The first-order chi connectivity index (χ1) is 9.50. The van der Waals surface area contributed by atoms with Crippen molar-refractivity contribution in [2.75, 3.05) is 26.7 Å². The second-order valence-electron chi connectivity index (χ2n) is 5.35. The molecule has 0 heterocycles. The van der Waals surface area contributed by atoms with Gasteiger partial charge in [0.1, 0.15) is 0 Å². The van der Waals surface area contributed by atoms with E-state index in [1.54, 1.807) is 12.1 Å². The fraction of sp³-hybridized carbons (Fsp3) is 0.600. The maximum absolute atomic E-state index is 10.5. The lowest BCUT2D eigenvalue weighted by Gasteiger charge is -2.20. The van der Waals surface area contributed by atoms with Crippen molar-refractivity contribution in [3.8, 4) is 0 Å². The molecule has 112 valence electrons. The second kappa shape index (κ2) is 8.66. The van der Waals surface area contributed by atoms with Gasteiger partial charge in [-0.15, -0.1) is 0 Å². The fourth-order valence-corrected chi connectivity index (χ4v) is 1.85. The van der Waals surface area contributed by atoms with Gasteiger partial charge < -0.3 is 10.2 Å². The highest BCUT2D eigenvalue weighted by atomic mass is 16.6. The van der Waals surface area contributed by atoms with E-state index in [0.717, 1.165) is 38.0 Å². The van der Waals surface area contributed by atoms with Gasteiger partial charge in [-0.25, -0.2) is 0 Å². The van der Waals surface area contributed by atoms with Crippen molar-refractivity contribution >= 4 is 5.69 Å². The highest BCUT2D eigenvalue weighted by molar-refractivity contribution is 5.32. The Morgan fingerprint density at radius 2 is 1.90 bits per heavy atom. The molecule has 0 aliphatic carbocycles. The van der Waals surface area contributed by atoms with Crippen molar-refractivity contribution in [3.05, 3.63) is 39.9 Å². The van der Waals surface area contributed by atoms with Gasteiger partial charge in [-0.3, -0.25) is 10.1 Å². The number of nitrogens with zero attached hydrogens (tertiary/aromatic N) is 2. The molecule has 0 radical (unpaired) electrons. The average Bonchev–Trinajstić information content (AvgIpc) is 2.42.